The van der Waals surface area contributed by atoms with Crippen molar-refractivity contribution in [1.82, 2.24) is 10.2 Å². The Kier molecular flexibility index (Phi) is 6.03. The van der Waals surface area contributed by atoms with Crippen molar-refractivity contribution in [2.45, 2.75) is 52.2 Å². The van der Waals surface area contributed by atoms with Crippen LogP contribution < -0.4 is 5.32 Å². The Labute approximate surface area is 132 Å². The molecule has 4 heteroatoms. The lowest BCUT2D eigenvalue weighted by Crippen LogP contribution is -2.40. The maximum absolute atomic E-state index is 14.0. The van der Waals surface area contributed by atoms with Gasteiger partial charge in [0.05, 0.1) is 0 Å². The largest absolute Gasteiger partial charge is 0.313 e. The van der Waals surface area contributed by atoms with Crippen LogP contribution in [-0.4, -0.2) is 30.1 Å². The van der Waals surface area contributed by atoms with Gasteiger partial charge in [0, 0.05) is 35.8 Å². The summed E-state index contributed by atoms with van der Waals surface area (Å²) in [5, 5.41) is 4.08. The van der Waals surface area contributed by atoms with Gasteiger partial charge < -0.3 is 5.32 Å². The molecule has 1 aliphatic rings. The van der Waals surface area contributed by atoms with Gasteiger partial charge in [-0.2, -0.15) is 0 Å². The van der Waals surface area contributed by atoms with E-state index >= 15 is 0 Å². The molecule has 1 N–H and O–H groups in total. The predicted octanol–water partition coefficient (Wildman–Crippen LogP) is 4.08. The van der Waals surface area contributed by atoms with Gasteiger partial charge in [0.1, 0.15) is 5.82 Å². The molecule has 21 heavy (non-hydrogen) atoms. The Balaban J connectivity index is 2.07. The van der Waals surface area contributed by atoms with E-state index < -0.39 is 0 Å². The molecule has 0 radical (unpaired) electrons. The van der Waals surface area contributed by atoms with Crippen molar-refractivity contribution in [3.63, 3.8) is 0 Å². The minimum atomic E-state index is -0.202. The van der Waals surface area contributed by atoms with Gasteiger partial charge in [-0.15, -0.1) is 0 Å². The lowest BCUT2D eigenvalue weighted by Gasteiger charge is -2.30. The zero-order chi connectivity index (χ0) is 15.4. The van der Waals surface area contributed by atoms with E-state index in [1.165, 1.54) is 6.07 Å². The standard InChI is InChI=1S/C17H26ClFN2/c1-12(2)8-16-11-21(13(3)6-7-20-16)10-14-4-5-15(18)9-17(14)19/h4-5,9,12-13,16,20H,6-8,10-11H2,1-3H3. The summed E-state index contributed by atoms with van der Waals surface area (Å²) in [6.45, 7) is 9.39. The first-order chi connectivity index (χ1) is 9.95. The van der Waals surface area contributed by atoms with Crippen LogP contribution in [0.3, 0.4) is 0 Å². The van der Waals surface area contributed by atoms with Crippen LogP contribution in [0.4, 0.5) is 4.39 Å². The van der Waals surface area contributed by atoms with E-state index in [1.54, 1.807) is 12.1 Å². The number of hydrogen-bond donors (Lipinski definition) is 1. The van der Waals surface area contributed by atoms with E-state index in [1.807, 2.05) is 0 Å². The maximum Gasteiger partial charge on any atom is 0.129 e. The number of halogens is 2. The molecule has 2 unspecified atom stereocenters. The Morgan fingerprint density at radius 3 is 2.86 bits per heavy atom. The number of hydrogen-bond acceptors (Lipinski definition) is 2. The average Bonchev–Trinajstić information content (AvgIpc) is 2.55. The van der Waals surface area contributed by atoms with Gasteiger partial charge in [-0.05, 0) is 44.4 Å². The Morgan fingerprint density at radius 1 is 1.43 bits per heavy atom. The van der Waals surface area contributed by atoms with Gasteiger partial charge in [0.15, 0.2) is 0 Å². The molecular weight excluding hydrogens is 287 g/mol. The van der Waals surface area contributed by atoms with E-state index in [2.05, 4.69) is 31.0 Å². The SMILES string of the molecule is CC(C)CC1CN(Cc2ccc(Cl)cc2F)C(C)CCN1. The van der Waals surface area contributed by atoms with Crippen LogP contribution in [0, 0.1) is 11.7 Å². The molecule has 0 aromatic heterocycles. The molecule has 1 aromatic carbocycles. The van der Waals surface area contributed by atoms with Crippen LogP contribution in [0.5, 0.6) is 0 Å². The molecule has 1 fully saturated rings. The summed E-state index contributed by atoms with van der Waals surface area (Å²) in [5.74, 6) is 0.470. The normalized spacial score (nSPS) is 24.3. The summed E-state index contributed by atoms with van der Waals surface area (Å²) in [6.07, 6.45) is 2.26. The first kappa shape index (κ1) is 16.7. The highest BCUT2D eigenvalue weighted by molar-refractivity contribution is 6.30. The lowest BCUT2D eigenvalue weighted by molar-refractivity contribution is 0.187. The quantitative estimate of drug-likeness (QED) is 0.901. The maximum atomic E-state index is 14.0. The lowest BCUT2D eigenvalue weighted by atomic mass is 10.0. The molecule has 0 spiro atoms. The molecule has 0 bridgehead atoms. The van der Waals surface area contributed by atoms with E-state index in [0.29, 0.717) is 29.6 Å². The molecule has 0 aliphatic carbocycles. The molecule has 2 rings (SSSR count). The summed E-state index contributed by atoms with van der Waals surface area (Å²) in [6, 6.07) is 5.94. The first-order valence-corrected chi connectivity index (χ1v) is 8.25. The van der Waals surface area contributed by atoms with E-state index in [4.69, 9.17) is 11.6 Å². The van der Waals surface area contributed by atoms with Crippen LogP contribution in [0.1, 0.15) is 39.2 Å². The zero-order valence-corrected chi connectivity index (χ0v) is 14.0. The fraction of sp³-hybridized carbons (Fsp3) is 0.647. The molecule has 2 nitrogen and oxygen atoms in total. The number of benzene rings is 1. The summed E-state index contributed by atoms with van der Waals surface area (Å²) < 4.78 is 14.0. The van der Waals surface area contributed by atoms with E-state index in [0.717, 1.165) is 31.5 Å². The minimum absolute atomic E-state index is 0.202. The molecule has 1 saturated heterocycles. The summed E-state index contributed by atoms with van der Waals surface area (Å²) in [5.41, 5.74) is 0.733. The number of nitrogens with one attached hydrogen (secondary N) is 1. The molecule has 118 valence electrons. The van der Waals surface area contributed by atoms with Crippen LogP contribution in [0.2, 0.25) is 5.02 Å². The van der Waals surface area contributed by atoms with Gasteiger partial charge in [0.25, 0.3) is 0 Å². The van der Waals surface area contributed by atoms with Crippen LogP contribution >= 0.6 is 11.6 Å². The zero-order valence-electron chi connectivity index (χ0n) is 13.2. The second kappa shape index (κ2) is 7.57. The van der Waals surface area contributed by atoms with Gasteiger partial charge in [-0.1, -0.05) is 31.5 Å². The Bertz CT molecular complexity index is 464. The highest BCUT2D eigenvalue weighted by Gasteiger charge is 2.24. The summed E-state index contributed by atoms with van der Waals surface area (Å²) >= 11 is 5.83. The van der Waals surface area contributed by atoms with Gasteiger partial charge in [-0.3, -0.25) is 4.90 Å². The Morgan fingerprint density at radius 2 is 2.19 bits per heavy atom. The van der Waals surface area contributed by atoms with E-state index in [9.17, 15) is 4.39 Å². The third-order valence-corrected chi connectivity index (χ3v) is 4.45. The smallest absolute Gasteiger partial charge is 0.129 e. The van der Waals surface area contributed by atoms with Crippen LogP contribution in [-0.2, 0) is 6.54 Å². The van der Waals surface area contributed by atoms with Crippen molar-refractivity contribution in [2.75, 3.05) is 13.1 Å². The summed E-state index contributed by atoms with van der Waals surface area (Å²) in [7, 11) is 0. The fourth-order valence-corrected chi connectivity index (χ4v) is 3.18. The van der Waals surface area contributed by atoms with Crippen LogP contribution in [0.25, 0.3) is 0 Å². The van der Waals surface area contributed by atoms with E-state index in [-0.39, 0.29) is 5.82 Å². The highest BCUT2D eigenvalue weighted by Crippen LogP contribution is 2.20. The second-order valence-electron chi connectivity index (χ2n) is 6.58. The van der Waals surface area contributed by atoms with Gasteiger partial charge in [0.2, 0.25) is 0 Å². The molecule has 1 aromatic rings. The third kappa shape index (κ3) is 4.94. The van der Waals surface area contributed by atoms with Gasteiger partial charge in [-0.25, -0.2) is 4.39 Å². The topological polar surface area (TPSA) is 15.3 Å². The molecule has 2 atom stereocenters. The van der Waals surface area contributed by atoms with Crippen molar-refractivity contribution < 1.29 is 4.39 Å². The minimum Gasteiger partial charge on any atom is -0.313 e. The average molecular weight is 313 g/mol. The highest BCUT2D eigenvalue weighted by atomic mass is 35.5. The van der Waals surface area contributed by atoms with Crippen molar-refractivity contribution >= 4 is 11.6 Å². The molecule has 0 saturated carbocycles. The molecular formula is C17H26ClFN2. The molecule has 1 heterocycles. The Hall–Kier alpha value is -0.640. The molecule has 0 amide bonds. The third-order valence-electron chi connectivity index (χ3n) is 4.22. The van der Waals surface area contributed by atoms with Crippen molar-refractivity contribution in [3.05, 3.63) is 34.6 Å². The monoisotopic (exact) mass is 312 g/mol. The van der Waals surface area contributed by atoms with Gasteiger partial charge >= 0.3 is 0 Å². The molecule has 1 aliphatic heterocycles. The van der Waals surface area contributed by atoms with Crippen LogP contribution in [0.15, 0.2) is 18.2 Å². The van der Waals surface area contributed by atoms with Crippen molar-refractivity contribution in [1.29, 1.82) is 0 Å². The summed E-state index contributed by atoms with van der Waals surface area (Å²) in [4.78, 5) is 2.39. The second-order valence-corrected chi connectivity index (χ2v) is 7.02. The number of nitrogens with zero attached hydrogens (tertiary/aromatic N) is 1. The predicted molar refractivity (Wildman–Crippen MR) is 87.1 cm³/mol. The van der Waals surface area contributed by atoms with Crippen molar-refractivity contribution in [2.24, 2.45) is 5.92 Å². The van der Waals surface area contributed by atoms with Crippen molar-refractivity contribution in [3.8, 4) is 0 Å². The first-order valence-electron chi connectivity index (χ1n) is 7.87. The number of rotatable bonds is 4. The fourth-order valence-electron chi connectivity index (χ4n) is 3.02.